The second-order valence-corrected chi connectivity index (χ2v) is 8.00. The highest BCUT2D eigenvalue weighted by atomic mass is 15.4. The van der Waals surface area contributed by atoms with Crippen LogP contribution in [0.4, 0.5) is 0 Å². The van der Waals surface area contributed by atoms with E-state index in [-0.39, 0.29) is 0 Å². The summed E-state index contributed by atoms with van der Waals surface area (Å²) in [7, 11) is 0. The average molecular weight is 373 g/mol. The van der Waals surface area contributed by atoms with Gasteiger partial charge >= 0.3 is 0 Å². The standard InChI is InChI=1S/C21H32N2.2C2H6/c1-14-9-16(3)20(17(4)10-14)22-7-8-23(13-22)21-18(5)11-15(2)12-19(21)6;2*1-2/h9,11,17,19H,7-8,10,12-13H2,1-6H3;2*1-2H3/t17-,19+;;. The van der Waals surface area contributed by atoms with E-state index >= 15 is 0 Å². The number of hydrogen-bond acceptors (Lipinski definition) is 2. The summed E-state index contributed by atoms with van der Waals surface area (Å²) in [5.41, 5.74) is 9.14. The molecule has 2 heteroatoms. The Morgan fingerprint density at radius 3 is 1.30 bits per heavy atom. The van der Waals surface area contributed by atoms with Crippen molar-refractivity contribution in [2.24, 2.45) is 11.8 Å². The molecule has 1 heterocycles. The molecule has 1 aliphatic heterocycles. The molecule has 0 spiro atoms. The van der Waals surface area contributed by atoms with Crippen LogP contribution in [0.25, 0.3) is 0 Å². The highest BCUT2D eigenvalue weighted by Gasteiger charge is 2.31. The van der Waals surface area contributed by atoms with Crippen LogP contribution in [0.15, 0.2) is 45.8 Å². The Labute approximate surface area is 169 Å². The van der Waals surface area contributed by atoms with Crippen LogP contribution in [-0.4, -0.2) is 29.6 Å². The Morgan fingerprint density at radius 1 is 0.667 bits per heavy atom. The van der Waals surface area contributed by atoms with E-state index in [9.17, 15) is 0 Å². The molecular formula is C25H44N2. The highest BCUT2D eigenvalue weighted by molar-refractivity contribution is 5.35. The largest absolute Gasteiger partial charge is 0.355 e. The first-order chi connectivity index (χ1) is 12.9. The normalized spacial score (nSPS) is 25.4. The van der Waals surface area contributed by atoms with Crippen LogP contribution in [0, 0.1) is 11.8 Å². The molecule has 1 fully saturated rings. The molecular weight excluding hydrogens is 328 g/mol. The Hall–Kier alpha value is -1.44. The van der Waals surface area contributed by atoms with Crippen LogP contribution in [-0.2, 0) is 0 Å². The van der Waals surface area contributed by atoms with Gasteiger partial charge in [-0.3, -0.25) is 0 Å². The maximum absolute atomic E-state index is 2.63. The molecule has 0 amide bonds. The van der Waals surface area contributed by atoms with Gasteiger partial charge in [-0.05, 0) is 51.7 Å². The van der Waals surface area contributed by atoms with E-state index in [4.69, 9.17) is 0 Å². The van der Waals surface area contributed by atoms with Crippen LogP contribution in [0.2, 0.25) is 0 Å². The molecule has 3 rings (SSSR count). The third-order valence-electron chi connectivity index (χ3n) is 5.59. The Bertz CT molecular complexity index is 564. The number of allylic oxidation sites excluding steroid dienone is 8. The Kier molecular flexibility index (Phi) is 9.42. The molecule has 0 unspecified atom stereocenters. The van der Waals surface area contributed by atoms with E-state index in [0.29, 0.717) is 11.8 Å². The van der Waals surface area contributed by atoms with Gasteiger partial charge in [0.25, 0.3) is 0 Å². The van der Waals surface area contributed by atoms with E-state index in [1.807, 2.05) is 27.7 Å². The van der Waals surface area contributed by atoms with Gasteiger partial charge in [-0.1, -0.05) is 64.8 Å². The topological polar surface area (TPSA) is 6.48 Å². The SMILES string of the molecule is CC.CC.CC1=CC(C)=C(N2CCN(C3=C(C)C=C(C)C[C@@H]3C)C2)[C@H](C)C1. The van der Waals surface area contributed by atoms with E-state index in [1.54, 1.807) is 11.4 Å². The molecule has 0 N–H and O–H groups in total. The quantitative estimate of drug-likeness (QED) is 0.508. The van der Waals surface area contributed by atoms with Crippen molar-refractivity contribution >= 4 is 0 Å². The molecule has 27 heavy (non-hydrogen) atoms. The third-order valence-corrected chi connectivity index (χ3v) is 5.59. The lowest BCUT2D eigenvalue weighted by molar-refractivity contribution is 0.279. The van der Waals surface area contributed by atoms with Gasteiger partial charge in [-0.25, -0.2) is 0 Å². The van der Waals surface area contributed by atoms with Crippen LogP contribution in [0.1, 0.15) is 82.1 Å². The van der Waals surface area contributed by atoms with Gasteiger partial charge in [0.2, 0.25) is 0 Å². The van der Waals surface area contributed by atoms with Gasteiger partial charge in [0.05, 0.1) is 6.67 Å². The van der Waals surface area contributed by atoms with Crippen LogP contribution >= 0.6 is 0 Å². The molecule has 0 aromatic carbocycles. The second kappa shape index (κ2) is 10.8. The van der Waals surface area contributed by atoms with Crippen LogP contribution in [0.3, 0.4) is 0 Å². The van der Waals surface area contributed by atoms with Gasteiger partial charge in [0.15, 0.2) is 0 Å². The van der Waals surface area contributed by atoms with Crippen molar-refractivity contribution < 1.29 is 0 Å². The van der Waals surface area contributed by atoms with Crippen molar-refractivity contribution in [3.05, 3.63) is 45.8 Å². The minimum absolute atomic E-state index is 0.654. The highest BCUT2D eigenvalue weighted by Crippen LogP contribution is 2.36. The predicted molar refractivity (Wildman–Crippen MR) is 121 cm³/mol. The van der Waals surface area contributed by atoms with Crippen molar-refractivity contribution in [2.75, 3.05) is 19.8 Å². The smallest absolute Gasteiger partial charge is 0.0899 e. The fourth-order valence-electron chi connectivity index (χ4n) is 5.05. The lowest BCUT2D eigenvalue weighted by atomic mass is 9.88. The molecule has 0 bridgehead atoms. The maximum Gasteiger partial charge on any atom is 0.0899 e. The number of rotatable bonds is 2. The van der Waals surface area contributed by atoms with E-state index in [0.717, 1.165) is 19.8 Å². The number of nitrogens with zero attached hydrogens (tertiary/aromatic N) is 2. The lowest BCUT2D eigenvalue weighted by Gasteiger charge is -2.34. The van der Waals surface area contributed by atoms with E-state index in [1.165, 1.54) is 35.1 Å². The fourth-order valence-corrected chi connectivity index (χ4v) is 5.05. The van der Waals surface area contributed by atoms with E-state index < -0.39 is 0 Å². The Morgan fingerprint density at radius 2 is 1.00 bits per heavy atom. The molecule has 2 nitrogen and oxygen atoms in total. The first-order valence-corrected chi connectivity index (χ1v) is 11.1. The Balaban J connectivity index is 0.000000855. The summed E-state index contributed by atoms with van der Waals surface area (Å²) < 4.78 is 0. The van der Waals surface area contributed by atoms with Gasteiger partial charge in [-0.2, -0.15) is 0 Å². The second-order valence-electron chi connectivity index (χ2n) is 8.00. The van der Waals surface area contributed by atoms with Crippen LogP contribution in [0.5, 0.6) is 0 Å². The summed E-state index contributed by atoms with van der Waals surface area (Å²) >= 11 is 0. The molecule has 154 valence electrons. The minimum Gasteiger partial charge on any atom is -0.355 e. The summed E-state index contributed by atoms with van der Waals surface area (Å²) in [6.45, 7) is 25.3. The van der Waals surface area contributed by atoms with Crippen molar-refractivity contribution in [2.45, 2.75) is 82.1 Å². The first kappa shape index (κ1) is 23.6. The molecule has 0 saturated carbocycles. The molecule has 3 aliphatic rings. The maximum atomic E-state index is 2.63. The minimum atomic E-state index is 0.654. The number of hydrogen-bond donors (Lipinski definition) is 0. The first-order valence-electron chi connectivity index (χ1n) is 11.1. The van der Waals surface area contributed by atoms with Crippen molar-refractivity contribution in [3.63, 3.8) is 0 Å². The summed E-state index contributed by atoms with van der Waals surface area (Å²) in [6.07, 6.45) is 7.20. The van der Waals surface area contributed by atoms with Crippen LogP contribution < -0.4 is 0 Å². The monoisotopic (exact) mass is 372 g/mol. The van der Waals surface area contributed by atoms with Crippen molar-refractivity contribution in [3.8, 4) is 0 Å². The van der Waals surface area contributed by atoms with E-state index in [2.05, 4.69) is 63.5 Å². The summed E-state index contributed by atoms with van der Waals surface area (Å²) in [5, 5.41) is 0. The molecule has 1 saturated heterocycles. The summed E-state index contributed by atoms with van der Waals surface area (Å²) in [4.78, 5) is 5.25. The zero-order chi connectivity index (χ0) is 20.7. The molecule has 0 aromatic heterocycles. The third kappa shape index (κ3) is 5.53. The lowest BCUT2D eigenvalue weighted by Crippen LogP contribution is -2.31. The molecule has 0 aromatic rings. The molecule has 0 radical (unpaired) electrons. The van der Waals surface area contributed by atoms with Crippen molar-refractivity contribution in [1.82, 2.24) is 9.80 Å². The fraction of sp³-hybridized carbons (Fsp3) is 0.680. The summed E-state index contributed by atoms with van der Waals surface area (Å²) in [6, 6.07) is 0. The van der Waals surface area contributed by atoms with Gasteiger partial charge in [0, 0.05) is 36.3 Å². The predicted octanol–water partition coefficient (Wildman–Crippen LogP) is 7.13. The van der Waals surface area contributed by atoms with Crippen molar-refractivity contribution in [1.29, 1.82) is 0 Å². The zero-order valence-corrected chi connectivity index (χ0v) is 19.7. The molecule has 2 aliphatic carbocycles. The zero-order valence-electron chi connectivity index (χ0n) is 19.7. The molecule has 2 atom stereocenters. The summed E-state index contributed by atoms with van der Waals surface area (Å²) in [5.74, 6) is 1.31. The average Bonchev–Trinajstić information content (AvgIpc) is 3.05. The van der Waals surface area contributed by atoms with Gasteiger partial charge in [0.1, 0.15) is 0 Å². The van der Waals surface area contributed by atoms with Gasteiger partial charge in [-0.15, -0.1) is 0 Å². The van der Waals surface area contributed by atoms with Gasteiger partial charge < -0.3 is 9.80 Å².